The first kappa shape index (κ1) is 22.4. The average molecular weight is 405 g/mol. The summed E-state index contributed by atoms with van der Waals surface area (Å²) in [5, 5.41) is 39.6. The maximum Gasteiger partial charge on any atom is 0.113 e. The first-order valence-electron chi connectivity index (χ1n) is 8.86. The van der Waals surface area contributed by atoms with E-state index in [1.165, 1.54) is 0 Å². The third-order valence-corrected chi connectivity index (χ3v) is 5.15. The number of benzene rings is 1. The first-order chi connectivity index (χ1) is 13.3. The number of rotatable bonds is 6. The molecule has 150 valence electrons. The first-order valence-corrected chi connectivity index (χ1v) is 9.24. The lowest BCUT2D eigenvalue weighted by Gasteiger charge is -2.40. The molecule has 1 saturated heterocycles. The van der Waals surface area contributed by atoms with Gasteiger partial charge in [-0.15, -0.1) is 6.42 Å². The van der Waals surface area contributed by atoms with E-state index in [0.29, 0.717) is 17.0 Å². The molecule has 2 rings (SSSR count). The zero-order valence-electron chi connectivity index (χ0n) is 15.6. The van der Waals surface area contributed by atoms with E-state index in [1.807, 2.05) is 31.2 Å². The summed E-state index contributed by atoms with van der Waals surface area (Å²) < 4.78 is 5.47. The summed E-state index contributed by atoms with van der Waals surface area (Å²) in [7, 11) is 0. The normalized spacial score (nSPS) is 28.7. The SMILES string of the molecule is C#Cc1ccc(C/C(C)=C(Cl)/C=C\C(=C)[C@@H]2O[C@H](CO)[C@@H](O)[C@H](O)[C@H]2O)cc1. The van der Waals surface area contributed by atoms with Gasteiger partial charge in [-0.2, -0.15) is 0 Å². The van der Waals surface area contributed by atoms with Crippen LogP contribution in [0, 0.1) is 12.3 Å². The van der Waals surface area contributed by atoms with Crippen molar-refractivity contribution < 1.29 is 25.2 Å². The van der Waals surface area contributed by atoms with E-state index in [1.54, 1.807) is 12.2 Å². The highest BCUT2D eigenvalue weighted by Gasteiger charge is 2.43. The van der Waals surface area contributed by atoms with Crippen LogP contribution in [-0.2, 0) is 11.2 Å². The Balaban J connectivity index is 2.06. The Bertz CT molecular complexity index is 788. The molecular weight excluding hydrogens is 380 g/mol. The van der Waals surface area contributed by atoms with Crippen LogP contribution in [0.2, 0.25) is 0 Å². The van der Waals surface area contributed by atoms with Gasteiger partial charge in [0.15, 0.2) is 0 Å². The molecule has 0 saturated carbocycles. The third-order valence-electron chi connectivity index (χ3n) is 4.70. The Kier molecular flexibility index (Phi) is 8.02. The number of aliphatic hydroxyl groups is 4. The number of hydrogen-bond acceptors (Lipinski definition) is 5. The monoisotopic (exact) mass is 404 g/mol. The van der Waals surface area contributed by atoms with Crippen LogP contribution in [-0.4, -0.2) is 57.6 Å². The van der Waals surface area contributed by atoms with Crippen molar-refractivity contribution in [3.05, 3.63) is 70.3 Å². The van der Waals surface area contributed by atoms with Crippen molar-refractivity contribution in [2.75, 3.05) is 6.61 Å². The van der Waals surface area contributed by atoms with Gasteiger partial charge in [-0.1, -0.05) is 47.9 Å². The van der Waals surface area contributed by atoms with Gasteiger partial charge in [0.1, 0.15) is 30.5 Å². The second-order valence-corrected chi connectivity index (χ2v) is 7.21. The van der Waals surface area contributed by atoms with Crippen LogP contribution in [0.3, 0.4) is 0 Å². The molecule has 28 heavy (non-hydrogen) atoms. The molecule has 1 aliphatic heterocycles. The van der Waals surface area contributed by atoms with E-state index >= 15 is 0 Å². The minimum Gasteiger partial charge on any atom is -0.394 e. The highest BCUT2D eigenvalue weighted by molar-refractivity contribution is 6.31. The van der Waals surface area contributed by atoms with Gasteiger partial charge in [0.25, 0.3) is 0 Å². The zero-order chi connectivity index (χ0) is 20.8. The predicted molar refractivity (Wildman–Crippen MR) is 109 cm³/mol. The van der Waals surface area contributed by atoms with E-state index in [4.69, 9.17) is 22.8 Å². The van der Waals surface area contributed by atoms with Gasteiger partial charge in [0.2, 0.25) is 0 Å². The van der Waals surface area contributed by atoms with Gasteiger partial charge in [-0.3, -0.25) is 0 Å². The summed E-state index contributed by atoms with van der Waals surface area (Å²) in [4.78, 5) is 0. The largest absolute Gasteiger partial charge is 0.394 e. The van der Waals surface area contributed by atoms with Gasteiger partial charge in [-0.25, -0.2) is 0 Å². The van der Waals surface area contributed by atoms with Crippen molar-refractivity contribution in [3.63, 3.8) is 0 Å². The molecular formula is C22H25ClO5. The standard InChI is InChI=1S/C22H25ClO5/c1-4-15-6-8-16(9-7-15)11-14(3)17(23)10-5-13(2)22-21(27)20(26)19(25)18(12-24)28-22/h1,5-10,18-22,24-27H,2,11-12H2,3H3/b10-5-,17-14-/t18-,19-,20+,21-,22+/m1/s1. The van der Waals surface area contributed by atoms with Crippen molar-refractivity contribution in [2.24, 2.45) is 0 Å². The van der Waals surface area contributed by atoms with Crippen molar-refractivity contribution in [2.45, 2.75) is 43.9 Å². The number of halogens is 1. The van der Waals surface area contributed by atoms with E-state index in [0.717, 1.165) is 16.7 Å². The summed E-state index contributed by atoms with van der Waals surface area (Å²) in [6.07, 6.45) is 3.05. The summed E-state index contributed by atoms with van der Waals surface area (Å²) in [5.41, 5.74) is 3.16. The van der Waals surface area contributed by atoms with Gasteiger partial charge >= 0.3 is 0 Å². The van der Waals surface area contributed by atoms with Gasteiger partial charge in [0.05, 0.1) is 6.61 Å². The molecule has 1 aromatic carbocycles. The average Bonchev–Trinajstić information content (AvgIpc) is 2.70. The van der Waals surface area contributed by atoms with Gasteiger partial charge < -0.3 is 25.2 Å². The minimum absolute atomic E-state index is 0.362. The number of ether oxygens (including phenoxy) is 1. The Hall–Kier alpha value is -1.91. The Morgan fingerprint density at radius 1 is 1.18 bits per heavy atom. The van der Waals surface area contributed by atoms with Crippen molar-refractivity contribution in [1.29, 1.82) is 0 Å². The second-order valence-electron chi connectivity index (χ2n) is 6.80. The van der Waals surface area contributed by atoms with Crippen LogP contribution in [0.4, 0.5) is 0 Å². The molecule has 0 aliphatic carbocycles. The zero-order valence-corrected chi connectivity index (χ0v) is 16.4. The van der Waals surface area contributed by atoms with Crippen LogP contribution >= 0.6 is 11.6 Å². The minimum atomic E-state index is -1.44. The molecule has 6 heteroatoms. The Morgan fingerprint density at radius 2 is 1.82 bits per heavy atom. The Morgan fingerprint density at radius 3 is 2.39 bits per heavy atom. The highest BCUT2D eigenvalue weighted by atomic mass is 35.5. The molecule has 5 nitrogen and oxygen atoms in total. The van der Waals surface area contributed by atoms with Crippen LogP contribution in [0.5, 0.6) is 0 Å². The van der Waals surface area contributed by atoms with Gasteiger partial charge in [-0.05, 0) is 42.7 Å². The fourth-order valence-electron chi connectivity index (χ4n) is 2.93. The van der Waals surface area contributed by atoms with Crippen molar-refractivity contribution in [1.82, 2.24) is 0 Å². The lowest BCUT2D eigenvalue weighted by atomic mass is 9.91. The van der Waals surface area contributed by atoms with E-state index in [-0.39, 0.29) is 0 Å². The van der Waals surface area contributed by atoms with E-state index in [9.17, 15) is 20.4 Å². The van der Waals surface area contributed by atoms with E-state index in [2.05, 4.69) is 12.5 Å². The fraction of sp³-hybridized carbons (Fsp3) is 0.364. The molecule has 1 aliphatic rings. The number of terminal acetylenes is 1. The van der Waals surface area contributed by atoms with E-state index < -0.39 is 37.1 Å². The van der Waals surface area contributed by atoms with Crippen LogP contribution in [0.15, 0.2) is 59.2 Å². The maximum absolute atomic E-state index is 10.1. The quantitative estimate of drug-likeness (QED) is 0.428. The predicted octanol–water partition coefficient (Wildman–Crippen LogP) is 1.68. The lowest BCUT2D eigenvalue weighted by Crippen LogP contribution is -2.58. The molecule has 1 aromatic rings. The molecule has 0 amide bonds. The topological polar surface area (TPSA) is 90.2 Å². The van der Waals surface area contributed by atoms with Gasteiger partial charge in [0, 0.05) is 10.6 Å². The summed E-state index contributed by atoms with van der Waals surface area (Å²) in [5.74, 6) is 2.57. The smallest absolute Gasteiger partial charge is 0.113 e. The van der Waals surface area contributed by atoms with Crippen molar-refractivity contribution >= 4 is 11.6 Å². The van der Waals surface area contributed by atoms with Crippen LogP contribution in [0.1, 0.15) is 18.1 Å². The molecule has 4 N–H and O–H groups in total. The fourth-order valence-corrected chi connectivity index (χ4v) is 3.06. The molecule has 1 fully saturated rings. The number of aliphatic hydroxyl groups excluding tert-OH is 4. The van der Waals surface area contributed by atoms with Crippen LogP contribution < -0.4 is 0 Å². The molecule has 0 aromatic heterocycles. The number of hydrogen-bond donors (Lipinski definition) is 4. The highest BCUT2D eigenvalue weighted by Crippen LogP contribution is 2.26. The van der Waals surface area contributed by atoms with Crippen molar-refractivity contribution in [3.8, 4) is 12.3 Å². The molecule has 0 radical (unpaired) electrons. The third kappa shape index (κ3) is 5.33. The number of allylic oxidation sites excluding steroid dienone is 3. The molecule has 0 spiro atoms. The summed E-state index contributed by atoms with van der Waals surface area (Å²) in [6.45, 7) is 5.26. The molecule has 1 heterocycles. The lowest BCUT2D eigenvalue weighted by molar-refractivity contribution is -0.218. The molecule has 0 bridgehead atoms. The second kappa shape index (κ2) is 10.0. The summed E-state index contributed by atoms with van der Waals surface area (Å²) in [6, 6.07) is 7.62. The molecule has 5 atom stereocenters. The summed E-state index contributed by atoms with van der Waals surface area (Å²) >= 11 is 6.35. The molecule has 0 unspecified atom stereocenters. The Labute approximate surface area is 170 Å². The van der Waals surface area contributed by atoms with Crippen LogP contribution in [0.25, 0.3) is 0 Å². The maximum atomic E-state index is 10.1.